The molecule has 1 aromatic heterocycles. The quantitative estimate of drug-likeness (QED) is 0.811. The molecule has 0 unspecified atom stereocenters. The summed E-state index contributed by atoms with van der Waals surface area (Å²) in [7, 11) is 0. The van der Waals surface area contributed by atoms with Crippen LogP contribution in [0.25, 0.3) is 0 Å². The summed E-state index contributed by atoms with van der Waals surface area (Å²) < 4.78 is 5.50. The molecule has 1 heterocycles. The minimum atomic E-state index is 0.0107. The Labute approximate surface area is 135 Å². The van der Waals surface area contributed by atoms with Crippen molar-refractivity contribution >= 4 is 17.2 Å². The van der Waals surface area contributed by atoms with Crippen molar-refractivity contribution < 1.29 is 9.53 Å². The SMILES string of the molecule is CC(C)c1csc(CCNC(=O)CCOc2ccccc2)n1. The summed E-state index contributed by atoms with van der Waals surface area (Å²) in [5.74, 6) is 1.26. The van der Waals surface area contributed by atoms with Crippen LogP contribution in [0.5, 0.6) is 5.75 Å². The number of para-hydroxylation sites is 1. The summed E-state index contributed by atoms with van der Waals surface area (Å²) in [5.41, 5.74) is 1.13. The van der Waals surface area contributed by atoms with E-state index >= 15 is 0 Å². The van der Waals surface area contributed by atoms with E-state index in [4.69, 9.17) is 4.74 Å². The van der Waals surface area contributed by atoms with Crippen LogP contribution in [0.2, 0.25) is 0 Å². The molecule has 2 aromatic rings. The topological polar surface area (TPSA) is 51.2 Å². The smallest absolute Gasteiger partial charge is 0.223 e. The second kappa shape index (κ2) is 8.54. The molecular weight excluding hydrogens is 296 g/mol. The van der Waals surface area contributed by atoms with Gasteiger partial charge in [-0.15, -0.1) is 11.3 Å². The number of aromatic nitrogens is 1. The maximum absolute atomic E-state index is 11.7. The number of ether oxygens (including phenoxy) is 1. The second-order valence-corrected chi connectivity index (χ2v) is 6.27. The van der Waals surface area contributed by atoms with E-state index in [1.807, 2.05) is 30.3 Å². The number of carbonyl (C=O) groups is 1. The van der Waals surface area contributed by atoms with Gasteiger partial charge >= 0.3 is 0 Å². The zero-order valence-electron chi connectivity index (χ0n) is 13.0. The standard InChI is InChI=1S/C17H22N2O2S/c1-13(2)15-12-22-17(19-15)8-10-18-16(20)9-11-21-14-6-4-3-5-7-14/h3-7,12-13H,8-11H2,1-2H3,(H,18,20). The van der Waals surface area contributed by atoms with E-state index in [0.717, 1.165) is 22.9 Å². The zero-order valence-corrected chi connectivity index (χ0v) is 13.9. The summed E-state index contributed by atoms with van der Waals surface area (Å²) in [6, 6.07) is 9.52. The van der Waals surface area contributed by atoms with Crippen molar-refractivity contribution in [1.29, 1.82) is 0 Å². The zero-order chi connectivity index (χ0) is 15.8. The third-order valence-corrected chi connectivity index (χ3v) is 4.09. The molecule has 0 aliphatic rings. The number of nitrogens with one attached hydrogen (secondary N) is 1. The highest BCUT2D eigenvalue weighted by atomic mass is 32.1. The molecule has 0 atom stereocenters. The van der Waals surface area contributed by atoms with E-state index in [0.29, 0.717) is 25.5 Å². The van der Waals surface area contributed by atoms with Gasteiger partial charge in [-0.1, -0.05) is 32.0 Å². The van der Waals surface area contributed by atoms with Gasteiger partial charge in [-0.3, -0.25) is 4.79 Å². The molecule has 0 bridgehead atoms. The maximum atomic E-state index is 11.7. The van der Waals surface area contributed by atoms with Crippen LogP contribution in [-0.2, 0) is 11.2 Å². The molecule has 0 radical (unpaired) electrons. The summed E-state index contributed by atoms with van der Waals surface area (Å²) in [5, 5.41) is 6.07. The van der Waals surface area contributed by atoms with Crippen molar-refractivity contribution in [3.8, 4) is 5.75 Å². The molecule has 0 saturated carbocycles. The first-order valence-electron chi connectivity index (χ1n) is 7.54. The van der Waals surface area contributed by atoms with Crippen molar-refractivity contribution in [3.05, 3.63) is 46.4 Å². The van der Waals surface area contributed by atoms with Crippen molar-refractivity contribution in [2.75, 3.05) is 13.2 Å². The summed E-state index contributed by atoms with van der Waals surface area (Å²) in [6.45, 7) is 5.28. The van der Waals surface area contributed by atoms with Gasteiger partial charge in [0.15, 0.2) is 0 Å². The largest absolute Gasteiger partial charge is 0.493 e. The van der Waals surface area contributed by atoms with Crippen LogP contribution in [-0.4, -0.2) is 24.0 Å². The van der Waals surface area contributed by atoms with Crippen LogP contribution in [0.3, 0.4) is 0 Å². The van der Waals surface area contributed by atoms with Crippen LogP contribution >= 0.6 is 11.3 Å². The minimum absolute atomic E-state index is 0.0107. The fourth-order valence-corrected chi connectivity index (χ4v) is 2.84. The van der Waals surface area contributed by atoms with E-state index in [1.54, 1.807) is 11.3 Å². The molecule has 0 spiro atoms. The normalized spacial score (nSPS) is 10.7. The van der Waals surface area contributed by atoms with Crippen LogP contribution in [0.4, 0.5) is 0 Å². The number of thiazole rings is 1. The van der Waals surface area contributed by atoms with Crippen LogP contribution in [0.1, 0.15) is 36.9 Å². The van der Waals surface area contributed by atoms with Gasteiger partial charge in [0.25, 0.3) is 0 Å². The van der Waals surface area contributed by atoms with E-state index in [2.05, 4.69) is 29.5 Å². The van der Waals surface area contributed by atoms with E-state index < -0.39 is 0 Å². The lowest BCUT2D eigenvalue weighted by Gasteiger charge is -2.06. The number of rotatable bonds is 8. The molecule has 0 fully saturated rings. The Morgan fingerprint density at radius 1 is 1.32 bits per heavy atom. The number of benzene rings is 1. The highest BCUT2D eigenvalue weighted by Crippen LogP contribution is 2.17. The molecule has 5 heteroatoms. The molecule has 0 saturated heterocycles. The summed E-state index contributed by atoms with van der Waals surface area (Å²) >= 11 is 1.66. The molecule has 0 aliphatic heterocycles. The number of hydrogen-bond donors (Lipinski definition) is 1. The Balaban J connectivity index is 1.61. The van der Waals surface area contributed by atoms with Gasteiger partial charge in [0.1, 0.15) is 5.75 Å². The first-order valence-corrected chi connectivity index (χ1v) is 8.42. The summed E-state index contributed by atoms with van der Waals surface area (Å²) in [6.07, 6.45) is 1.15. The minimum Gasteiger partial charge on any atom is -0.493 e. The van der Waals surface area contributed by atoms with Crippen LogP contribution in [0, 0.1) is 0 Å². The van der Waals surface area contributed by atoms with E-state index in [1.165, 1.54) is 0 Å². The average molecular weight is 318 g/mol. The van der Waals surface area contributed by atoms with Gasteiger partial charge in [0.05, 0.1) is 23.7 Å². The lowest BCUT2D eigenvalue weighted by atomic mass is 10.2. The molecule has 22 heavy (non-hydrogen) atoms. The Bertz CT molecular complexity index is 581. The van der Waals surface area contributed by atoms with Crippen molar-refractivity contribution in [2.24, 2.45) is 0 Å². The number of amides is 1. The fourth-order valence-electron chi connectivity index (χ4n) is 1.88. The Kier molecular flexibility index (Phi) is 6.40. The van der Waals surface area contributed by atoms with E-state index in [9.17, 15) is 4.79 Å². The molecule has 1 aromatic carbocycles. The van der Waals surface area contributed by atoms with Crippen molar-refractivity contribution in [3.63, 3.8) is 0 Å². The molecular formula is C17H22N2O2S. The average Bonchev–Trinajstić information content (AvgIpc) is 2.97. The van der Waals surface area contributed by atoms with Crippen LogP contribution in [0.15, 0.2) is 35.7 Å². The predicted octanol–water partition coefficient (Wildman–Crippen LogP) is 3.39. The Morgan fingerprint density at radius 3 is 2.77 bits per heavy atom. The molecule has 2 rings (SSSR count). The molecule has 1 N–H and O–H groups in total. The van der Waals surface area contributed by atoms with E-state index in [-0.39, 0.29) is 5.91 Å². The third-order valence-electron chi connectivity index (χ3n) is 3.16. The number of nitrogens with zero attached hydrogens (tertiary/aromatic N) is 1. The third kappa shape index (κ3) is 5.48. The molecule has 4 nitrogen and oxygen atoms in total. The van der Waals surface area contributed by atoms with Gasteiger partial charge in [-0.2, -0.15) is 0 Å². The summed E-state index contributed by atoms with van der Waals surface area (Å²) in [4.78, 5) is 16.3. The predicted molar refractivity (Wildman–Crippen MR) is 89.5 cm³/mol. The number of carbonyl (C=O) groups excluding carboxylic acids is 1. The lowest BCUT2D eigenvalue weighted by molar-refractivity contribution is -0.121. The first kappa shape index (κ1) is 16.5. The molecule has 0 aliphatic carbocycles. The Hall–Kier alpha value is -1.88. The molecule has 1 amide bonds. The second-order valence-electron chi connectivity index (χ2n) is 5.33. The van der Waals surface area contributed by atoms with Crippen molar-refractivity contribution in [1.82, 2.24) is 10.3 Å². The Morgan fingerprint density at radius 2 is 2.09 bits per heavy atom. The van der Waals surface area contributed by atoms with Gasteiger partial charge in [-0.25, -0.2) is 4.98 Å². The van der Waals surface area contributed by atoms with Gasteiger partial charge < -0.3 is 10.1 Å². The molecule has 118 valence electrons. The first-order chi connectivity index (χ1) is 10.6. The van der Waals surface area contributed by atoms with Gasteiger partial charge in [0, 0.05) is 18.3 Å². The highest BCUT2D eigenvalue weighted by Gasteiger charge is 2.06. The maximum Gasteiger partial charge on any atom is 0.223 e. The number of hydrogen-bond acceptors (Lipinski definition) is 4. The lowest BCUT2D eigenvalue weighted by Crippen LogP contribution is -2.27. The van der Waals surface area contributed by atoms with Crippen molar-refractivity contribution in [2.45, 2.75) is 32.6 Å². The monoisotopic (exact) mass is 318 g/mol. The van der Waals surface area contributed by atoms with Crippen LogP contribution < -0.4 is 10.1 Å². The fraction of sp³-hybridized carbons (Fsp3) is 0.412. The van der Waals surface area contributed by atoms with Gasteiger partial charge in [0.2, 0.25) is 5.91 Å². The highest BCUT2D eigenvalue weighted by molar-refractivity contribution is 7.09. The van der Waals surface area contributed by atoms with Gasteiger partial charge in [-0.05, 0) is 18.1 Å².